The predicted octanol–water partition coefficient (Wildman–Crippen LogP) is 4.50. The first-order valence-electron chi connectivity index (χ1n) is 10.9. The Labute approximate surface area is 211 Å². The quantitative estimate of drug-likeness (QED) is 0.335. The van der Waals surface area contributed by atoms with Gasteiger partial charge in [-0.25, -0.2) is 16.8 Å². The first-order chi connectivity index (χ1) is 16.8. The van der Waals surface area contributed by atoms with Crippen LogP contribution in [0, 0.1) is 12.3 Å². The van der Waals surface area contributed by atoms with Gasteiger partial charge >= 0.3 is 0 Å². The fourth-order valence-corrected chi connectivity index (χ4v) is 6.94. The third-order valence-electron chi connectivity index (χ3n) is 5.11. The second-order valence-electron chi connectivity index (χ2n) is 8.92. The SMILES string of the molecule is COOc1cc(N(S(=O)(=O)c2ccccc2)S(=O)(=O)c2ccccc2)cc(C)c1NC(=O)C(C)(C)C. The lowest BCUT2D eigenvalue weighted by Gasteiger charge is -2.26. The van der Waals surface area contributed by atoms with E-state index in [-0.39, 0.29) is 32.8 Å². The van der Waals surface area contributed by atoms with Gasteiger partial charge in [0.1, 0.15) is 0 Å². The van der Waals surface area contributed by atoms with E-state index < -0.39 is 25.5 Å². The van der Waals surface area contributed by atoms with Gasteiger partial charge in [0.2, 0.25) is 5.91 Å². The summed E-state index contributed by atoms with van der Waals surface area (Å²) >= 11 is 0. The summed E-state index contributed by atoms with van der Waals surface area (Å²) in [6, 6.07) is 17.0. The fraction of sp³-hybridized carbons (Fsp3) is 0.240. The molecule has 9 nitrogen and oxygen atoms in total. The van der Waals surface area contributed by atoms with Gasteiger partial charge in [-0.1, -0.05) is 57.2 Å². The van der Waals surface area contributed by atoms with Crippen molar-refractivity contribution in [1.29, 1.82) is 0 Å². The van der Waals surface area contributed by atoms with Crippen LogP contribution in [0.3, 0.4) is 0 Å². The lowest BCUT2D eigenvalue weighted by Crippen LogP contribution is -2.37. The molecule has 0 radical (unpaired) electrons. The van der Waals surface area contributed by atoms with E-state index in [1.807, 2.05) is 0 Å². The Hall–Kier alpha value is -3.41. The van der Waals surface area contributed by atoms with Crippen molar-refractivity contribution in [3.05, 3.63) is 78.4 Å². The number of nitrogens with one attached hydrogen (secondary N) is 1. The van der Waals surface area contributed by atoms with Crippen molar-refractivity contribution >= 4 is 37.3 Å². The van der Waals surface area contributed by atoms with E-state index in [0.29, 0.717) is 9.27 Å². The number of sulfonamides is 2. The molecule has 11 heteroatoms. The van der Waals surface area contributed by atoms with Gasteiger partial charge in [0.25, 0.3) is 20.0 Å². The molecule has 3 aromatic rings. The molecule has 0 aliphatic heterocycles. The number of carbonyl (C=O) groups is 1. The normalized spacial score (nSPS) is 12.1. The molecule has 0 saturated carbocycles. The van der Waals surface area contributed by atoms with Crippen LogP contribution in [0.1, 0.15) is 26.3 Å². The number of rotatable bonds is 8. The highest BCUT2D eigenvalue weighted by Crippen LogP contribution is 2.39. The number of aryl methyl sites for hydroxylation is 1. The number of amides is 1. The van der Waals surface area contributed by atoms with Gasteiger partial charge in [-0.3, -0.25) is 4.79 Å². The molecule has 1 amide bonds. The van der Waals surface area contributed by atoms with Crippen LogP contribution in [0.4, 0.5) is 11.4 Å². The van der Waals surface area contributed by atoms with Crippen molar-refractivity contribution in [3.63, 3.8) is 0 Å². The summed E-state index contributed by atoms with van der Waals surface area (Å²) in [5.74, 6) is -0.397. The Morgan fingerprint density at radius 3 is 1.72 bits per heavy atom. The summed E-state index contributed by atoms with van der Waals surface area (Å²) < 4.78 is 55.3. The van der Waals surface area contributed by atoms with Crippen molar-refractivity contribution in [2.24, 2.45) is 5.41 Å². The topological polar surface area (TPSA) is 119 Å². The van der Waals surface area contributed by atoms with Gasteiger partial charge in [-0.2, -0.15) is 8.60 Å². The standard InChI is InChI=1S/C25H28N2O7S2/c1-18-16-19(17-22(34-33-5)23(18)26-24(28)25(2,3)4)27(35(29,30)20-12-8-6-9-13-20)36(31,32)21-14-10-7-11-15-21/h6-17H,1-5H3,(H,26,28). The lowest BCUT2D eigenvalue weighted by molar-refractivity contribution is -0.177. The van der Waals surface area contributed by atoms with Crippen LogP contribution < -0.4 is 13.9 Å². The summed E-state index contributed by atoms with van der Waals surface area (Å²) in [7, 11) is -7.98. The third-order valence-corrected chi connectivity index (χ3v) is 9.31. The summed E-state index contributed by atoms with van der Waals surface area (Å²) in [6.07, 6.45) is 0. The first-order valence-corrected chi connectivity index (χ1v) is 13.8. The lowest BCUT2D eigenvalue weighted by atomic mass is 9.95. The molecule has 3 rings (SSSR count). The molecule has 0 fully saturated rings. The molecule has 0 heterocycles. The van der Waals surface area contributed by atoms with Gasteiger partial charge in [-0.05, 0) is 42.8 Å². The van der Waals surface area contributed by atoms with Crippen LogP contribution in [0.25, 0.3) is 0 Å². The van der Waals surface area contributed by atoms with Crippen molar-refractivity contribution < 1.29 is 31.4 Å². The highest BCUT2D eigenvalue weighted by atomic mass is 32.3. The fourth-order valence-electron chi connectivity index (χ4n) is 3.24. The monoisotopic (exact) mass is 532 g/mol. The zero-order valence-electron chi connectivity index (χ0n) is 20.5. The van der Waals surface area contributed by atoms with Crippen LogP contribution in [0.2, 0.25) is 0 Å². The first kappa shape index (κ1) is 27.2. The minimum absolute atomic E-state index is 0.0679. The van der Waals surface area contributed by atoms with Gasteiger partial charge in [-0.15, -0.1) is 0 Å². The van der Waals surface area contributed by atoms with Crippen molar-refractivity contribution in [2.45, 2.75) is 37.5 Å². The van der Waals surface area contributed by atoms with Crippen LogP contribution >= 0.6 is 0 Å². The zero-order chi connectivity index (χ0) is 26.7. The molecular formula is C25H28N2O7S2. The van der Waals surface area contributed by atoms with Crippen LogP contribution in [0.5, 0.6) is 5.75 Å². The molecule has 0 aliphatic carbocycles. The van der Waals surface area contributed by atoms with Crippen molar-refractivity contribution in [2.75, 3.05) is 16.1 Å². The number of anilines is 2. The molecule has 1 N–H and O–H groups in total. The minimum atomic E-state index is -4.61. The molecule has 0 saturated heterocycles. The van der Waals surface area contributed by atoms with Gasteiger partial charge in [0.15, 0.2) is 5.75 Å². The average Bonchev–Trinajstić information content (AvgIpc) is 2.81. The molecular weight excluding hydrogens is 504 g/mol. The molecule has 0 spiro atoms. The molecule has 0 atom stereocenters. The van der Waals surface area contributed by atoms with E-state index in [1.54, 1.807) is 39.8 Å². The maximum absolute atomic E-state index is 13.7. The van der Waals surface area contributed by atoms with Gasteiger partial charge in [0, 0.05) is 11.5 Å². The average molecular weight is 533 g/mol. The number of hydrogen-bond donors (Lipinski definition) is 1. The van der Waals surface area contributed by atoms with E-state index >= 15 is 0 Å². The van der Waals surface area contributed by atoms with Gasteiger partial charge < -0.3 is 10.2 Å². The minimum Gasteiger partial charge on any atom is -0.336 e. The number of carbonyl (C=O) groups excluding carboxylic acids is 1. The van der Waals surface area contributed by atoms with E-state index in [9.17, 15) is 21.6 Å². The molecule has 0 aliphatic rings. The second kappa shape index (κ2) is 10.3. The van der Waals surface area contributed by atoms with E-state index in [1.165, 1.54) is 67.8 Å². The largest absolute Gasteiger partial charge is 0.336 e. The summed E-state index contributed by atoms with van der Waals surface area (Å²) in [5.41, 5.74) is -0.390. The summed E-state index contributed by atoms with van der Waals surface area (Å²) in [5, 5.41) is 2.75. The summed E-state index contributed by atoms with van der Waals surface area (Å²) in [6.45, 7) is 6.77. The zero-order valence-corrected chi connectivity index (χ0v) is 22.2. The third kappa shape index (κ3) is 5.53. The maximum atomic E-state index is 13.7. The summed E-state index contributed by atoms with van der Waals surface area (Å²) in [4.78, 5) is 22.2. The maximum Gasteiger partial charge on any atom is 0.277 e. The Morgan fingerprint density at radius 1 is 0.833 bits per heavy atom. The molecule has 0 unspecified atom stereocenters. The Kier molecular flexibility index (Phi) is 7.77. The smallest absolute Gasteiger partial charge is 0.277 e. The number of hydrogen-bond acceptors (Lipinski definition) is 7. The Morgan fingerprint density at radius 2 is 1.31 bits per heavy atom. The van der Waals surface area contributed by atoms with E-state index in [0.717, 1.165) is 0 Å². The van der Waals surface area contributed by atoms with Gasteiger partial charge in [0.05, 0.1) is 28.3 Å². The Balaban J connectivity index is 2.29. The highest BCUT2D eigenvalue weighted by Gasteiger charge is 2.38. The molecule has 0 aromatic heterocycles. The molecule has 0 bridgehead atoms. The van der Waals surface area contributed by atoms with E-state index in [2.05, 4.69) is 5.32 Å². The molecule has 36 heavy (non-hydrogen) atoms. The van der Waals surface area contributed by atoms with Crippen molar-refractivity contribution in [3.8, 4) is 5.75 Å². The highest BCUT2D eigenvalue weighted by molar-refractivity contribution is 8.10. The number of nitrogens with zero attached hydrogens (tertiary/aromatic N) is 1. The second-order valence-corrected chi connectivity index (χ2v) is 12.7. The van der Waals surface area contributed by atoms with Crippen molar-refractivity contribution in [1.82, 2.24) is 0 Å². The predicted molar refractivity (Wildman–Crippen MR) is 137 cm³/mol. The number of benzene rings is 3. The van der Waals surface area contributed by atoms with E-state index in [4.69, 9.17) is 9.78 Å². The van der Waals surface area contributed by atoms with Crippen LogP contribution in [-0.2, 0) is 29.7 Å². The Bertz CT molecular complexity index is 1380. The molecule has 192 valence electrons. The van der Waals surface area contributed by atoms with Crippen LogP contribution in [0.15, 0.2) is 82.6 Å². The van der Waals surface area contributed by atoms with Crippen LogP contribution in [-0.4, -0.2) is 29.9 Å². The molecule has 3 aromatic carbocycles.